The Morgan fingerprint density at radius 1 is 1.12 bits per heavy atom. The standard InChI is InChI=1S/C19H16ClN5/c1-13-9-18(22-12-14-3-2-8-21-11-14)25-19(23-13)10-17(24-25)15-4-6-16(20)7-5-15/h2-11,22H,12H2,1H3. The van der Waals surface area contributed by atoms with E-state index in [2.05, 4.69) is 15.3 Å². The van der Waals surface area contributed by atoms with E-state index in [0.29, 0.717) is 11.6 Å². The molecule has 0 atom stereocenters. The molecular formula is C19H16ClN5. The largest absolute Gasteiger partial charge is 0.366 e. The van der Waals surface area contributed by atoms with E-state index in [1.54, 1.807) is 6.20 Å². The van der Waals surface area contributed by atoms with Gasteiger partial charge in [-0.05, 0) is 30.7 Å². The van der Waals surface area contributed by atoms with Gasteiger partial charge in [0.25, 0.3) is 0 Å². The maximum atomic E-state index is 5.97. The van der Waals surface area contributed by atoms with Gasteiger partial charge in [-0.25, -0.2) is 4.98 Å². The molecule has 0 fully saturated rings. The average molecular weight is 350 g/mol. The molecular weight excluding hydrogens is 334 g/mol. The van der Waals surface area contributed by atoms with Gasteiger partial charge in [0, 0.05) is 47.4 Å². The zero-order chi connectivity index (χ0) is 17.2. The lowest BCUT2D eigenvalue weighted by molar-refractivity contribution is 0.919. The van der Waals surface area contributed by atoms with E-state index < -0.39 is 0 Å². The first kappa shape index (κ1) is 15.6. The number of fused-ring (bicyclic) bond motifs is 1. The minimum absolute atomic E-state index is 0.669. The Morgan fingerprint density at radius 3 is 2.72 bits per heavy atom. The number of nitrogens with one attached hydrogen (secondary N) is 1. The van der Waals surface area contributed by atoms with Crippen LogP contribution >= 0.6 is 11.6 Å². The Morgan fingerprint density at radius 2 is 1.96 bits per heavy atom. The summed E-state index contributed by atoms with van der Waals surface area (Å²) in [5, 5.41) is 8.83. The number of nitrogens with zero attached hydrogens (tertiary/aromatic N) is 4. The Labute approximate surface area is 150 Å². The number of rotatable bonds is 4. The molecule has 25 heavy (non-hydrogen) atoms. The van der Waals surface area contributed by atoms with Gasteiger partial charge in [-0.2, -0.15) is 9.61 Å². The highest BCUT2D eigenvalue weighted by molar-refractivity contribution is 6.30. The Balaban J connectivity index is 1.70. The molecule has 4 aromatic rings. The number of hydrogen-bond donors (Lipinski definition) is 1. The first-order valence-electron chi connectivity index (χ1n) is 7.95. The number of aromatic nitrogens is 4. The predicted octanol–water partition coefficient (Wildman–Crippen LogP) is 4.37. The van der Waals surface area contributed by atoms with Crippen LogP contribution in [0.3, 0.4) is 0 Å². The third-order valence-electron chi connectivity index (χ3n) is 3.89. The number of anilines is 1. The summed E-state index contributed by atoms with van der Waals surface area (Å²) in [5.41, 5.74) is 4.71. The van der Waals surface area contributed by atoms with Crippen molar-refractivity contribution in [1.82, 2.24) is 19.6 Å². The molecule has 1 aromatic carbocycles. The zero-order valence-corrected chi connectivity index (χ0v) is 14.4. The highest BCUT2D eigenvalue weighted by Crippen LogP contribution is 2.23. The van der Waals surface area contributed by atoms with Crippen LogP contribution in [0, 0.1) is 6.92 Å². The van der Waals surface area contributed by atoms with Crippen LogP contribution in [-0.2, 0) is 6.54 Å². The number of hydrogen-bond acceptors (Lipinski definition) is 4. The molecule has 0 aliphatic heterocycles. The predicted molar refractivity (Wildman–Crippen MR) is 99.7 cm³/mol. The van der Waals surface area contributed by atoms with Crippen LogP contribution in [0.25, 0.3) is 16.9 Å². The maximum Gasteiger partial charge on any atom is 0.158 e. The molecule has 0 radical (unpaired) electrons. The molecule has 1 N–H and O–H groups in total. The highest BCUT2D eigenvalue weighted by Gasteiger charge is 2.10. The Kier molecular flexibility index (Phi) is 4.07. The lowest BCUT2D eigenvalue weighted by Crippen LogP contribution is -2.06. The van der Waals surface area contributed by atoms with E-state index in [9.17, 15) is 0 Å². The summed E-state index contributed by atoms with van der Waals surface area (Å²) in [7, 11) is 0. The number of benzene rings is 1. The summed E-state index contributed by atoms with van der Waals surface area (Å²) in [4.78, 5) is 8.72. The van der Waals surface area contributed by atoms with Crippen molar-refractivity contribution in [1.29, 1.82) is 0 Å². The summed E-state index contributed by atoms with van der Waals surface area (Å²) in [6.45, 7) is 2.65. The minimum atomic E-state index is 0.669. The monoisotopic (exact) mass is 349 g/mol. The minimum Gasteiger partial charge on any atom is -0.366 e. The Bertz CT molecular complexity index is 1010. The fourth-order valence-electron chi connectivity index (χ4n) is 2.68. The van der Waals surface area contributed by atoms with Gasteiger partial charge in [0.05, 0.1) is 5.69 Å². The van der Waals surface area contributed by atoms with E-state index in [1.807, 2.05) is 66.2 Å². The van der Waals surface area contributed by atoms with Crippen molar-refractivity contribution in [2.75, 3.05) is 5.32 Å². The van der Waals surface area contributed by atoms with E-state index >= 15 is 0 Å². The van der Waals surface area contributed by atoms with Crippen molar-refractivity contribution in [3.63, 3.8) is 0 Å². The third-order valence-corrected chi connectivity index (χ3v) is 4.14. The number of pyridine rings is 1. The second-order valence-corrected chi connectivity index (χ2v) is 6.24. The fourth-order valence-corrected chi connectivity index (χ4v) is 2.81. The molecule has 0 aliphatic rings. The molecule has 5 nitrogen and oxygen atoms in total. The average Bonchev–Trinajstić information content (AvgIpc) is 3.05. The molecule has 0 amide bonds. The molecule has 0 unspecified atom stereocenters. The molecule has 3 heterocycles. The summed E-state index contributed by atoms with van der Waals surface area (Å²) in [5.74, 6) is 0.895. The first-order chi connectivity index (χ1) is 12.2. The molecule has 0 bridgehead atoms. The zero-order valence-electron chi connectivity index (χ0n) is 13.6. The topological polar surface area (TPSA) is 55.1 Å². The van der Waals surface area contributed by atoms with Crippen LogP contribution in [0.2, 0.25) is 5.02 Å². The molecule has 3 aromatic heterocycles. The quantitative estimate of drug-likeness (QED) is 0.594. The first-order valence-corrected chi connectivity index (χ1v) is 8.33. The second kappa shape index (κ2) is 6.53. The van der Waals surface area contributed by atoms with Gasteiger partial charge < -0.3 is 5.32 Å². The van der Waals surface area contributed by atoms with E-state index in [-0.39, 0.29) is 0 Å². The van der Waals surface area contributed by atoms with E-state index in [0.717, 1.165) is 34.0 Å². The van der Waals surface area contributed by atoms with Crippen LogP contribution in [-0.4, -0.2) is 19.6 Å². The van der Waals surface area contributed by atoms with Crippen molar-refractivity contribution < 1.29 is 0 Å². The summed E-state index contributed by atoms with van der Waals surface area (Å²) >= 11 is 5.97. The van der Waals surface area contributed by atoms with Gasteiger partial charge in [0.1, 0.15) is 5.82 Å². The van der Waals surface area contributed by atoms with E-state index in [4.69, 9.17) is 16.7 Å². The third kappa shape index (κ3) is 3.32. The fraction of sp³-hybridized carbons (Fsp3) is 0.105. The normalized spacial score (nSPS) is 11.0. The highest BCUT2D eigenvalue weighted by atomic mass is 35.5. The molecule has 0 saturated carbocycles. The van der Waals surface area contributed by atoms with Gasteiger partial charge in [-0.1, -0.05) is 29.8 Å². The summed E-state index contributed by atoms with van der Waals surface area (Å²) in [6.07, 6.45) is 3.62. The van der Waals surface area contributed by atoms with Crippen LogP contribution in [0.5, 0.6) is 0 Å². The number of aryl methyl sites for hydroxylation is 1. The van der Waals surface area contributed by atoms with Crippen LogP contribution in [0.1, 0.15) is 11.3 Å². The van der Waals surface area contributed by atoms with Crippen molar-refractivity contribution >= 4 is 23.1 Å². The van der Waals surface area contributed by atoms with Gasteiger partial charge in [0.15, 0.2) is 5.65 Å². The second-order valence-electron chi connectivity index (χ2n) is 5.80. The number of halogens is 1. The molecule has 0 saturated heterocycles. The van der Waals surface area contributed by atoms with Gasteiger partial charge in [-0.15, -0.1) is 0 Å². The van der Waals surface area contributed by atoms with E-state index in [1.165, 1.54) is 0 Å². The summed E-state index contributed by atoms with van der Waals surface area (Å²) < 4.78 is 1.83. The smallest absolute Gasteiger partial charge is 0.158 e. The molecule has 0 spiro atoms. The molecule has 6 heteroatoms. The maximum absolute atomic E-state index is 5.97. The van der Waals surface area contributed by atoms with Crippen LogP contribution in [0.4, 0.5) is 5.82 Å². The van der Waals surface area contributed by atoms with Crippen molar-refractivity contribution in [2.24, 2.45) is 0 Å². The van der Waals surface area contributed by atoms with Gasteiger partial charge in [-0.3, -0.25) is 4.98 Å². The lowest BCUT2D eigenvalue weighted by atomic mass is 10.2. The van der Waals surface area contributed by atoms with Gasteiger partial charge in [0.2, 0.25) is 0 Å². The Hall–Kier alpha value is -2.92. The van der Waals surface area contributed by atoms with Crippen molar-refractivity contribution in [2.45, 2.75) is 13.5 Å². The van der Waals surface area contributed by atoms with Crippen LogP contribution in [0.15, 0.2) is 60.9 Å². The summed E-state index contributed by atoms with van der Waals surface area (Å²) in [6, 6.07) is 15.6. The van der Waals surface area contributed by atoms with Gasteiger partial charge >= 0.3 is 0 Å². The van der Waals surface area contributed by atoms with Crippen LogP contribution < -0.4 is 5.32 Å². The van der Waals surface area contributed by atoms with Crippen molar-refractivity contribution in [3.05, 3.63) is 77.2 Å². The molecule has 0 aliphatic carbocycles. The lowest BCUT2D eigenvalue weighted by Gasteiger charge is -2.09. The molecule has 4 rings (SSSR count). The molecule has 124 valence electrons. The SMILES string of the molecule is Cc1cc(NCc2cccnc2)n2nc(-c3ccc(Cl)cc3)cc2n1. The van der Waals surface area contributed by atoms with Crippen molar-refractivity contribution in [3.8, 4) is 11.3 Å².